The van der Waals surface area contributed by atoms with Crippen LogP contribution in [-0.2, 0) is 6.54 Å². The normalized spacial score (nSPS) is 25.4. The lowest BCUT2D eigenvalue weighted by Crippen LogP contribution is -2.26. The van der Waals surface area contributed by atoms with Gasteiger partial charge >= 0.3 is 0 Å². The Labute approximate surface area is 85.7 Å². The Morgan fingerprint density at radius 3 is 3.00 bits per heavy atom. The lowest BCUT2D eigenvalue weighted by Gasteiger charge is -2.17. The summed E-state index contributed by atoms with van der Waals surface area (Å²) in [6.07, 6.45) is 7.49. The zero-order valence-corrected chi connectivity index (χ0v) is 9.05. The minimum Gasteiger partial charge on any atom is -0.472 e. The van der Waals surface area contributed by atoms with Crippen LogP contribution >= 0.6 is 0 Å². The molecule has 0 amide bonds. The SMILES string of the molecule is CC1(C)CCC(NCc2ccoc2)C1. The largest absolute Gasteiger partial charge is 0.472 e. The van der Waals surface area contributed by atoms with Gasteiger partial charge in [0.1, 0.15) is 0 Å². The predicted molar refractivity (Wildman–Crippen MR) is 57.0 cm³/mol. The van der Waals surface area contributed by atoms with Crippen LogP contribution in [0.4, 0.5) is 0 Å². The fraction of sp³-hybridized carbons (Fsp3) is 0.667. The Hall–Kier alpha value is -0.760. The summed E-state index contributed by atoms with van der Waals surface area (Å²) in [4.78, 5) is 0. The van der Waals surface area contributed by atoms with E-state index in [1.807, 2.05) is 12.3 Å². The van der Waals surface area contributed by atoms with E-state index in [0.717, 1.165) is 6.54 Å². The van der Waals surface area contributed by atoms with Crippen LogP contribution in [0.15, 0.2) is 23.0 Å². The van der Waals surface area contributed by atoms with Crippen molar-refractivity contribution in [2.75, 3.05) is 0 Å². The molecule has 78 valence electrons. The highest BCUT2D eigenvalue weighted by Gasteiger charge is 2.30. The number of hydrogen-bond donors (Lipinski definition) is 1. The standard InChI is InChI=1S/C12H19NO/c1-12(2)5-3-11(7-12)13-8-10-4-6-14-9-10/h4,6,9,11,13H,3,5,7-8H2,1-2H3. The third kappa shape index (κ3) is 2.38. The van der Waals surface area contributed by atoms with Crippen LogP contribution in [0.2, 0.25) is 0 Å². The maximum Gasteiger partial charge on any atom is 0.0947 e. The van der Waals surface area contributed by atoms with E-state index in [1.54, 1.807) is 6.26 Å². The molecule has 1 saturated carbocycles. The number of nitrogens with one attached hydrogen (secondary N) is 1. The van der Waals surface area contributed by atoms with Crippen molar-refractivity contribution in [2.45, 2.75) is 45.7 Å². The second-order valence-electron chi connectivity index (χ2n) is 5.12. The Kier molecular flexibility index (Phi) is 2.64. The maximum absolute atomic E-state index is 5.03. The summed E-state index contributed by atoms with van der Waals surface area (Å²) in [5, 5.41) is 3.58. The summed E-state index contributed by atoms with van der Waals surface area (Å²) in [7, 11) is 0. The summed E-state index contributed by atoms with van der Waals surface area (Å²) in [6.45, 7) is 5.65. The minimum absolute atomic E-state index is 0.536. The molecule has 14 heavy (non-hydrogen) atoms. The Morgan fingerprint density at radius 1 is 1.57 bits per heavy atom. The van der Waals surface area contributed by atoms with Crippen LogP contribution in [0, 0.1) is 5.41 Å². The molecule has 2 heteroatoms. The van der Waals surface area contributed by atoms with Crippen LogP contribution in [0.3, 0.4) is 0 Å². The molecule has 1 unspecified atom stereocenters. The van der Waals surface area contributed by atoms with Crippen molar-refractivity contribution in [1.29, 1.82) is 0 Å². The molecule has 0 radical (unpaired) electrons. The van der Waals surface area contributed by atoms with E-state index in [-0.39, 0.29) is 0 Å². The molecule has 1 aromatic rings. The van der Waals surface area contributed by atoms with Crippen molar-refractivity contribution < 1.29 is 4.42 Å². The van der Waals surface area contributed by atoms with E-state index >= 15 is 0 Å². The predicted octanol–water partition coefficient (Wildman–Crippen LogP) is 2.95. The summed E-state index contributed by atoms with van der Waals surface area (Å²) in [6, 6.07) is 2.72. The van der Waals surface area contributed by atoms with Gasteiger partial charge in [-0.05, 0) is 30.7 Å². The third-order valence-corrected chi connectivity index (χ3v) is 3.14. The highest BCUT2D eigenvalue weighted by atomic mass is 16.3. The zero-order chi connectivity index (χ0) is 10.0. The second-order valence-corrected chi connectivity index (χ2v) is 5.12. The molecule has 1 fully saturated rings. The lowest BCUT2D eigenvalue weighted by atomic mass is 9.92. The summed E-state index contributed by atoms with van der Waals surface area (Å²) < 4.78 is 5.03. The second kappa shape index (κ2) is 3.77. The van der Waals surface area contributed by atoms with Gasteiger partial charge < -0.3 is 9.73 Å². The van der Waals surface area contributed by atoms with Gasteiger partial charge in [-0.25, -0.2) is 0 Å². The molecular weight excluding hydrogens is 174 g/mol. The average molecular weight is 193 g/mol. The first-order chi connectivity index (χ1) is 6.66. The van der Waals surface area contributed by atoms with Gasteiger partial charge in [-0.3, -0.25) is 0 Å². The van der Waals surface area contributed by atoms with Gasteiger partial charge in [-0.15, -0.1) is 0 Å². The summed E-state index contributed by atoms with van der Waals surface area (Å²) >= 11 is 0. The average Bonchev–Trinajstić information content (AvgIpc) is 2.70. The van der Waals surface area contributed by atoms with Crippen molar-refractivity contribution in [3.8, 4) is 0 Å². The van der Waals surface area contributed by atoms with Crippen LogP contribution in [0.25, 0.3) is 0 Å². The summed E-state index contributed by atoms with van der Waals surface area (Å²) in [5.41, 5.74) is 1.78. The van der Waals surface area contributed by atoms with E-state index in [2.05, 4.69) is 19.2 Å². The molecule has 0 aromatic carbocycles. The fourth-order valence-electron chi connectivity index (χ4n) is 2.27. The number of hydrogen-bond acceptors (Lipinski definition) is 2. The lowest BCUT2D eigenvalue weighted by molar-refractivity contribution is 0.364. The van der Waals surface area contributed by atoms with Crippen molar-refractivity contribution in [1.82, 2.24) is 5.32 Å². The van der Waals surface area contributed by atoms with E-state index in [0.29, 0.717) is 11.5 Å². The Balaban J connectivity index is 1.78. The molecule has 0 aliphatic heterocycles. The van der Waals surface area contributed by atoms with E-state index < -0.39 is 0 Å². The van der Waals surface area contributed by atoms with Crippen molar-refractivity contribution >= 4 is 0 Å². The molecule has 1 aliphatic carbocycles. The quantitative estimate of drug-likeness (QED) is 0.798. The van der Waals surface area contributed by atoms with Crippen LogP contribution in [0.1, 0.15) is 38.7 Å². The first-order valence-corrected chi connectivity index (χ1v) is 5.40. The van der Waals surface area contributed by atoms with Gasteiger partial charge in [0.05, 0.1) is 12.5 Å². The van der Waals surface area contributed by atoms with Crippen LogP contribution in [-0.4, -0.2) is 6.04 Å². The summed E-state index contributed by atoms with van der Waals surface area (Å²) in [5.74, 6) is 0. The van der Waals surface area contributed by atoms with Gasteiger partial charge in [0, 0.05) is 18.2 Å². The Morgan fingerprint density at radius 2 is 2.43 bits per heavy atom. The van der Waals surface area contributed by atoms with Gasteiger partial charge in [-0.1, -0.05) is 13.8 Å². The highest BCUT2D eigenvalue weighted by Crippen LogP contribution is 2.36. The zero-order valence-electron chi connectivity index (χ0n) is 9.05. The number of rotatable bonds is 3. The first-order valence-electron chi connectivity index (χ1n) is 5.40. The molecule has 1 N–H and O–H groups in total. The minimum atomic E-state index is 0.536. The molecule has 0 bridgehead atoms. The van der Waals surface area contributed by atoms with Gasteiger partial charge in [0.2, 0.25) is 0 Å². The first kappa shape index (κ1) is 9.78. The molecule has 1 aliphatic rings. The molecule has 2 rings (SSSR count). The molecule has 0 spiro atoms. The van der Waals surface area contributed by atoms with Gasteiger partial charge in [0.25, 0.3) is 0 Å². The third-order valence-electron chi connectivity index (χ3n) is 3.14. The fourth-order valence-corrected chi connectivity index (χ4v) is 2.27. The van der Waals surface area contributed by atoms with Gasteiger partial charge in [0.15, 0.2) is 0 Å². The van der Waals surface area contributed by atoms with Crippen molar-refractivity contribution in [3.63, 3.8) is 0 Å². The smallest absolute Gasteiger partial charge is 0.0947 e. The highest BCUT2D eigenvalue weighted by molar-refractivity contribution is 5.05. The van der Waals surface area contributed by atoms with Crippen molar-refractivity contribution in [3.05, 3.63) is 24.2 Å². The van der Waals surface area contributed by atoms with Crippen LogP contribution < -0.4 is 5.32 Å². The molecule has 0 saturated heterocycles. The maximum atomic E-state index is 5.03. The van der Waals surface area contributed by atoms with Gasteiger partial charge in [-0.2, -0.15) is 0 Å². The topological polar surface area (TPSA) is 25.2 Å². The van der Waals surface area contributed by atoms with E-state index in [4.69, 9.17) is 4.42 Å². The molecule has 1 aromatic heterocycles. The number of furan rings is 1. The molecule has 1 heterocycles. The van der Waals surface area contributed by atoms with Crippen molar-refractivity contribution in [2.24, 2.45) is 5.41 Å². The molecule has 1 atom stereocenters. The monoisotopic (exact) mass is 193 g/mol. The van der Waals surface area contributed by atoms with E-state index in [1.165, 1.54) is 24.8 Å². The Bertz CT molecular complexity index is 277. The van der Waals surface area contributed by atoms with E-state index in [9.17, 15) is 0 Å². The van der Waals surface area contributed by atoms with Crippen LogP contribution in [0.5, 0.6) is 0 Å². The molecular formula is C12H19NO. The molecule has 2 nitrogen and oxygen atoms in total.